The second-order valence-corrected chi connectivity index (χ2v) is 6.06. The first-order valence-electron chi connectivity index (χ1n) is 6.04. The minimum absolute atomic E-state index is 0.242. The molecule has 0 saturated heterocycles. The van der Waals surface area contributed by atoms with Gasteiger partial charge >= 0.3 is 6.09 Å². The maximum absolute atomic E-state index is 11.8. The van der Waals surface area contributed by atoms with E-state index >= 15 is 0 Å². The van der Waals surface area contributed by atoms with Gasteiger partial charge in [0, 0.05) is 5.02 Å². The molecular weight excluding hydrogens is 266 g/mol. The zero-order chi connectivity index (χ0) is 14.7. The number of aliphatic hydroxyl groups excluding tert-OH is 1. The third-order valence-corrected chi connectivity index (χ3v) is 2.83. The Morgan fingerprint density at radius 3 is 2.21 bits per heavy atom. The van der Waals surface area contributed by atoms with E-state index in [-0.39, 0.29) is 6.61 Å². The van der Waals surface area contributed by atoms with Gasteiger partial charge in [0.2, 0.25) is 0 Å². The van der Waals surface area contributed by atoms with Crippen molar-refractivity contribution in [1.82, 2.24) is 5.32 Å². The summed E-state index contributed by atoms with van der Waals surface area (Å²) in [6, 6.07) is 6.94. The minimum Gasteiger partial charge on any atom is -0.444 e. The number of carbonyl (C=O) groups is 1. The molecule has 0 fully saturated rings. The summed E-state index contributed by atoms with van der Waals surface area (Å²) >= 11 is 5.82. The summed E-state index contributed by atoms with van der Waals surface area (Å²) in [5, 5.41) is 12.8. The fraction of sp³-hybridized carbons (Fsp3) is 0.500. The van der Waals surface area contributed by atoms with E-state index in [9.17, 15) is 9.90 Å². The Balaban J connectivity index is 2.86. The van der Waals surface area contributed by atoms with Crippen LogP contribution in [-0.2, 0) is 10.3 Å². The first-order valence-corrected chi connectivity index (χ1v) is 6.42. The number of benzene rings is 1. The van der Waals surface area contributed by atoms with Crippen LogP contribution in [0.3, 0.4) is 0 Å². The van der Waals surface area contributed by atoms with Gasteiger partial charge in [-0.05, 0) is 45.4 Å². The average molecular weight is 286 g/mol. The first-order chi connectivity index (χ1) is 8.66. The zero-order valence-corrected chi connectivity index (χ0v) is 12.4. The Kier molecular flexibility index (Phi) is 4.82. The zero-order valence-electron chi connectivity index (χ0n) is 11.7. The fourth-order valence-corrected chi connectivity index (χ4v) is 1.68. The quantitative estimate of drug-likeness (QED) is 0.897. The highest BCUT2D eigenvalue weighted by atomic mass is 35.5. The molecule has 0 aromatic heterocycles. The van der Waals surface area contributed by atoms with Crippen molar-refractivity contribution in [3.05, 3.63) is 34.9 Å². The monoisotopic (exact) mass is 285 g/mol. The van der Waals surface area contributed by atoms with Crippen molar-refractivity contribution < 1.29 is 14.6 Å². The van der Waals surface area contributed by atoms with Crippen LogP contribution in [0.15, 0.2) is 24.3 Å². The van der Waals surface area contributed by atoms with Gasteiger partial charge in [0.1, 0.15) is 5.60 Å². The second-order valence-electron chi connectivity index (χ2n) is 5.62. The van der Waals surface area contributed by atoms with E-state index in [2.05, 4.69) is 5.32 Å². The lowest BCUT2D eigenvalue weighted by Crippen LogP contribution is -2.48. The van der Waals surface area contributed by atoms with Crippen LogP contribution in [0.25, 0.3) is 0 Å². The molecule has 0 aliphatic carbocycles. The minimum atomic E-state index is -0.910. The Morgan fingerprint density at radius 2 is 1.79 bits per heavy atom. The molecule has 19 heavy (non-hydrogen) atoms. The molecule has 106 valence electrons. The highest BCUT2D eigenvalue weighted by molar-refractivity contribution is 6.30. The molecule has 1 rings (SSSR count). The molecule has 2 N–H and O–H groups in total. The molecule has 1 atom stereocenters. The highest BCUT2D eigenvalue weighted by Gasteiger charge is 2.30. The Labute approximate surface area is 118 Å². The van der Waals surface area contributed by atoms with Crippen LogP contribution in [0.2, 0.25) is 5.02 Å². The molecule has 0 radical (unpaired) electrons. The SMILES string of the molecule is CC(C)(C)OC(=O)N[C@@](C)(CO)c1ccc(Cl)cc1. The Bertz CT molecular complexity index is 439. The van der Waals surface area contributed by atoms with Gasteiger partial charge in [-0.25, -0.2) is 4.79 Å². The summed E-state index contributed by atoms with van der Waals surface area (Å²) in [5.74, 6) is 0. The fourth-order valence-electron chi connectivity index (χ4n) is 1.55. The lowest BCUT2D eigenvalue weighted by Gasteiger charge is -2.30. The standard InChI is InChI=1S/C14H20ClNO3/c1-13(2,3)19-12(18)16-14(4,9-17)10-5-7-11(15)8-6-10/h5-8,17H,9H2,1-4H3,(H,16,18)/t14-/m0/s1. The van der Waals surface area contributed by atoms with Gasteiger partial charge in [-0.1, -0.05) is 23.7 Å². The van der Waals surface area contributed by atoms with Crippen LogP contribution >= 0.6 is 11.6 Å². The Hall–Kier alpha value is -1.26. The van der Waals surface area contributed by atoms with Crippen molar-refractivity contribution in [2.24, 2.45) is 0 Å². The van der Waals surface area contributed by atoms with Crippen LogP contribution in [0, 0.1) is 0 Å². The van der Waals surface area contributed by atoms with Crippen molar-refractivity contribution in [2.45, 2.75) is 38.8 Å². The van der Waals surface area contributed by atoms with Gasteiger partial charge in [-0.2, -0.15) is 0 Å². The number of nitrogens with one attached hydrogen (secondary N) is 1. The molecule has 0 saturated carbocycles. The lowest BCUT2D eigenvalue weighted by molar-refractivity contribution is 0.0411. The van der Waals surface area contributed by atoms with Crippen molar-refractivity contribution >= 4 is 17.7 Å². The number of carbonyl (C=O) groups excluding carboxylic acids is 1. The molecule has 1 aromatic carbocycles. The molecule has 0 spiro atoms. The van der Waals surface area contributed by atoms with E-state index in [4.69, 9.17) is 16.3 Å². The van der Waals surface area contributed by atoms with Crippen molar-refractivity contribution in [3.63, 3.8) is 0 Å². The van der Waals surface area contributed by atoms with Gasteiger partial charge < -0.3 is 15.2 Å². The third kappa shape index (κ3) is 4.73. The van der Waals surface area contributed by atoms with E-state index in [0.29, 0.717) is 5.02 Å². The summed E-state index contributed by atoms with van der Waals surface area (Å²) in [4.78, 5) is 11.8. The molecule has 4 nitrogen and oxygen atoms in total. The highest BCUT2D eigenvalue weighted by Crippen LogP contribution is 2.23. The van der Waals surface area contributed by atoms with E-state index < -0.39 is 17.2 Å². The van der Waals surface area contributed by atoms with Crippen LogP contribution in [0.1, 0.15) is 33.3 Å². The number of ether oxygens (including phenoxy) is 1. The topological polar surface area (TPSA) is 58.6 Å². The van der Waals surface area contributed by atoms with Gasteiger partial charge in [-0.3, -0.25) is 0 Å². The smallest absolute Gasteiger partial charge is 0.408 e. The molecule has 0 unspecified atom stereocenters. The molecular formula is C14H20ClNO3. The number of aliphatic hydroxyl groups is 1. The molecule has 0 heterocycles. The van der Waals surface area contributed by atoms with Crippen molar-refractivity contribution in [1.29, 1.82) is 0 Å². The van der Waals surface area contributed by atoms with Gasteiger partial charge in [-0.15, -0.1) is 0 Å². The largest absolute Gasteiger partial charge is 0.444 e. The summed E-state index contributed by atoms with van der Waals surface area (Å²) < 4.78 is 5.19. The number of alkyl carbamates (subject to hydrolysis) is 1. The van der Waals surface area contributed by atoms with Gasteiger partial charge in [0.25, 0.3) is 0 Å². The normalized spacial score (nSPS) is 14.6. The Morgan fingerprint density at radius 1 is 1.26 bits per heavy atom. The third-order valence-electron chi connectivity index (χ3n) is 2.57. The van der Waals surface area contributed by atoms with E-state index in [1.165, 1.54) is 0 Å². The molecule has 0 bridgehead atoms. The number of hydrogen-bond acceptors (Lipinski definition) is 3. The predicted octanol–water partition coefficient (Wildman–Crippen LogP) is 3.07. The summed E-state index contributed by atoms with van der Waals surface area (Å²) in [6.45, 7) is 6.83. The molecule has 5 heteroatoms. The maximum atomic E-state index is 11.8. The molecule has 1 aromatic rings. The van der Waals surface area contributed by atoms with E-state index in [1.54, 1.807) is 52.0 Å². The van der Waals surface area contributed by atoms with Crippen LogP contribution < -0.4 is 5.32 Å². The van der Waals surface area contributed by atoms with Crippen LogP contribution in [0.4, 0.5) is 4.79 Å². The molecule has 0 aliphatic rings. The van der Waals surface area contributed by atoms with Crippen molar-refractivity contribution in [3.8, 4) is 0 Å². The number of halogens is 1. The average Bonchev–Trinajstić information content (AvgIpc) is 2.26. The second kappa shape index (κ2) is 5.80. The van der Waals surface area contributed by atoms with Crippen LogP contribution in [-0.4, -0.2) is 23.4 Å². The van der Waals surface area contributed by atoms with Gasteiger partial charge in [0.05, 0.1) is 12.1 Å². The van der Waals surface area contributed by atoms with E-state index in [1.807, 2.05) is 0 Å². The maximum Gasteiger partial charge on any atom is 0.408 e. The molecule has 1 amide bonds. The first kappa shape index (κ1) is 15.8. The summed E-state index contributed by atoms with van der Waals surface area (Å²) in [6.07, 6.45) is -0.570. The van der Waals surface area contributed by atoms with Crippen molar-refractivity contribution in [2.75, 3.05) is 6.61 Å². The van der Waals surface area contributed by atoms with Crippen LogP contribution in [0.5, 0.6) is 0 Å². The predicted molar refractivity (Wildman–Crippen MR) is 75.3 cm³/mol. The number of amides is 1. The lowest BCUT2D eigenvalue weighted by atomic mass is 9.93. The molecule has 0 aliphatic heterocycles. The van der Waals surface area contributed by atoms with Gasteiger partial charge in [0.15, 0.2) is 0 Å². The summed E-state index contributed by atoms with van der Waals surface area (Å²) in [7, 11) is 0. The summed E-state index contributed by atoms with van der Waals surface area (Å²) in [5.41, 5.74) is -0.738. The number of rotatable bonds is 3. The number of hydrogen-bond donors (Lipinski definition) is 2. The van der Waals surface area contributed by atoms with E-state index in [0.717, 1.165) is 5.56 Å².